The normalized spacial score (nSPS) is 16.7. The predicted molar refractivity (Wildman–Crippen MR) is 61.5 cm³/mol. The summed E-state index contributed by atoms with van der Waals surface area (Å²) in [5, 5.41) is 22.9. The number of rotatable bonds is 3. The highest BCUT2D eigenvalue weighted by Gasteiger charge is 2.34. The molecular formula is C11H12N4O2. The van der Waals surface area contributed by atoms with Crippen molar-refractivity contribution in [2.75, 3.05) is 5.32 Å². The van der Waals surface area contributed by atoms with Crippen LogP contribution in [0.3, 0.4) is 0 Å². The van der Waals surface area contributed by atoms with Crippen LogP contribution in [0.4, 0.5) is 11.5 Å². The third kappa shape index (κ3) is 2.04. The molecular weight excluding hydrogens is 220 g/mol. The van der Waals surface area contributed by atoms with Gasteiger partial charge in [-0.3, -0.25) is 10.1 Å². The SMILES string of the molecule is CC1(Nc2nccc(C#N)c2[N+](=O)[O-])CCC1. The van der Waals surface area contributed by atoms with E-state index in [9.17, 15) is 10.1 Å². The molecule has 0 unspecified atom stereocenters. The number of nitrogens with zero attached hydrogens (tertiary/aromatic N) is 3. The van der Waals surface area contributed by atoms with Crippen molar-refractivity contribution in [3.05, 3.63) is 27.9 Å². The number of nitro groups is 1. The van der Waals surface area contributed by atoms with Gasteiger partial charge in [-0.25, -0.2) is 4.98 Å². The first-order chi connectivity index (χ1) is 8.06. The Morgan fingerprint density at radius 1 is 1.65 bits per heavy atom. The van der Waals surface area contributed by atoms with Gasteiger partial charge >= 0.3 is 5.69 Å². The van der Waals surface area contributed by atoms with E-state index >= 15 is 0 Å². The number of aromatic nitrogens is 1. The van der Waals surface area contributed by atoms with Crippen LogP contribution in [0.1, 0.15) is 31.7 Å². The van der Waals surface area contributed by atoms with E-state index in [-0.39, 0.29) is 22.6 Å². The zero-order valence-corrected chi connectivity index (χ0v) is 9.43. The first-order valence-corrected chi connectivity index (χ1v) is 5.37. The van der Waals surface area contributed by atoms with Gasteiger partial charge in [-0.05, 0) is 32.3 Å². The van der Waals surface area contributed by atoms with Gasteiger partial charge < -0.3 is 5.32 Å². The molecule has 0 aliphatic heterocycles. The zero-order chi connectivity index (χ0) is 12.5. The largest absolute Gasteiger partial charge is 0.359 e. The average molecular weight is 232 g/mol. The molecule has 2 rings (SSSR count). The number of pyridine rings is 1. The Kier molecular flexibility index (Phi) is 2.68. The molecule has 0 saturated heterocycles. The molecule has 0 bridgehead atoms. The number of anilines is 1. The summed E-state index contributed by atoms with van der Waals surface area (Å²) < 4.78 is 0. The van der Waals surface area contributed by atoms with Crippen LogP contribution in [0.25, 0.3) is 0 Å². The van der Waals surface area contributed by atoms with Crippen LogP contribution >= 0.6 is 0 Å². The van der Waals surface area contributed by atoms with Gasteiger partial charge in [0, 0.05) is 11.7 Å². The molecule has 1 fully saturated rings. The Balaban J connectivity index is 2.39. The summed E-state index contributed by atoms with van der Waals surface area (Å²) in [5.74, 6) is 0.191. The van der Waals surface area contributed by atoms with Gasteiger partial charge in [-0.1, -0.05) is 0 Å². The second-order valence-corrected chi connectivity index (χ2v) is 4.46. The molecule has 88 valence electrons. The third-order valence-electron chi connectivity index (χ3n) is 3.10. The van der Waals surface area contributed by atoms with Crippen LogP contribution in [-0.2, 0) is 0 Å². The minimum atomic E-state index is -0.560. The van der Waals surface area contributed by atoms with Crippen LogP contribution in [-0.4, -0.2) is 15.4 Å². The number of hydrogen-bond donors (Lipinski definition) is 1. The topological polar surface area (TPSA) is 91.8 Å². The predicted octanol–water partition coefficient (Wildman–Crippen LogP) is 2.22. The summed E-state index contributed by atoms with van der Waals surface area (Å²) in [4.78, 5) is 14.4. The van der Waals surface area contributed by atoms with Crippen molar-refractivity contribution in [1.82, 2.24) is 4.98 Å². The summed E-state index contributed by atoms with van der Waals surface area (Å²) in [5.41, 5.74) is -0.329. The Bertz CT molecular complexity index is 503. The van der Waals surface area contributed by atoms with Gasteiger partial charge in [-0.2, -0.15) is 5.26 Å². The Morgan fingerprint density at radius 3 is 2.82 bits per heavy atom. The summed E-state index contributed by atoms with van der Waals surface area (Å²) in [6.45, 7) is 2.00. The maximum absolute atomic E-state index is 11.0. The van der Waals surface area contributed by atoms with E-state index < -0.39 is 4.92 Å². The van der Waals surface area contributed by atoms with Gasteiger partial charge in [0.2, 0.25) is 5.82 Å². The van der Waals surface area contributed by atoms with Crippen LogP contribution in [0, 0.1) is 21.4 Å². The fourth-order valence-electron chi connectivity index (χ4n) is 1.94. The highest BCUT2D eigenvalue weighted by atomic mass is 16.6. The van der Waals surface area contributed by atoms with Crippen molar-refractivity contribution in [1.29, 1.82) is 5.26 Å². The quantitative estimate of drug-likeness (QED) is 0.637. The van der Waals surface area contributed by atoms with Crippen LogP contribution in [0.5, 0.6) is 0 Å². The zero-order valence-electron chi connectivity index (χ0n) is 9.43. The van der Waals surface area contributed by atoms with E-state index in [1.165, 1.54) is 12.3 Å². The van der Waals surface area contributed by atoms with Crippen molar-refractivity contribution < 1.29 is 4.92 Å². The van der Waals surface area contributed by atoms with Gasteiger partial charge in [0.25, 0.3) is 0 Å². The fourth-order valence-corrected chi connectivity index (χ4v) is 1.94. The molecule has 6 heteroatoms. The van der Waals surface area contributed by atoms with Crippen molar-refractivity contribution in [2.24, 2.45) is 0 Å². The van der Waals surface area contributed by atoms with Crippen molar-refractivity contribution in [2.45, 2.75) is 31.7 Å². The minimum Gasteiger partial charge on any atom is -0.359 e. The molecule has 6 nitrogen and oxygen atoms in total. The third-order valence-corrected chi connectivity index (χ3v) is 3.10. The van der Waals surface area contributed by atoms with Gasteiger partial charge in [-0.15, -0.1) is 0 Å². The maximum atomic E-state index is 11.0. The van der Waals surface area contributed by atoms with Gasteiger partial charge in [0.15, 0.2) is 0 Å². The molecule has 1 heterocycles. The second-order valence-electron chi connectivity index (χ2n) is 4.46. The molecule has 0 atom stereocenters. The van der Waals surface area contributed by atoms with E-state index in [0.29, 0.717) is 0 Å². The van der Waals surface area contributed by atoms with Crippen LogP contribution in [0.2, 0.25) is 0 Å². The van der Waals surface area contributed by atoms with E-state index in [2.05, 4.69) is 10.3 Å². The number of hydrogen-bond acceptors (Lipinski definition) is 5. The summed E-state index contributed by atoms with van der Waals surface area (Å²) in [7, 11) is 0. The summed E-state index contributed by atoms with van der Waals surface area (Å²) in [6.07, 6.45) is 4.44. The molecule has 1 aromatic rings. The number of nitriles is 1. The standard InChI is InChI=1S/C11H12N4O2/c1-11(4-2-5-11)14-10-9(15(16)17)8(7-12)3-6-13-10/h3,6H,2,4-5H2,1H3,(H,13,14). The summed E-state index contributed by atoms with van der Waals surface area (Å²) >= 11 is 0. The lowest BCUT2D eigenvalue weighted by Crippen LogP contribution is -2.42. The Hall–Kier alpha value is -2.16. The lowest BCUT2D eigenvalue weighted by molar-refractivity contribution is -0.384. The van der Waals surface area contributed by atoms with E-state index in [1.54, 1.807) is 0 Å². The van der Waals surface area contributed by atoms with E-state index in [1.807, 2.05) is 13.0 Å². The Labute approximate surface area is 98.4 Å². The summed E-state index contributed by atoms with van der Waals surface area (Å²) in [6, 6.07) is 3.17. The lowest BCUT2D eigenvalue weighted by atomic mass is 9.78. The average Bonchev–Trinajstić information content (AvgIpc) is 2.26. The first-order valence-electron chi connectivity index (χ1n) is 5.37. The van der Waals surface area contributed by atoms with Crippen molar-refractivity contribution in [3.8, 4) is 6.07 Å². The van der Waals surface area contributed by atoms with Gasteiger partial charge in [0.05, 0.1) is 4.92 Å². The highest BCUT2D eigenvalue weighted by molar-refractivity contribution is 5.65. The molecule has 1 N–H and O–H groups in total. The first kappa shape index (κ1) is 11.3. The van der Waals surface area contributed by atoms with E-state index in [4.69, 9.17) is 5.26 Å². The molecule has 0 spiro atoms. The highest BCUT2D eigenvalue weighted by Crippen LogP contribution is 2.37. The number of nitrogens with one attached hydrogen (secondary N) is 1. The van der Waals surface area contributed by atoms with Crippen molar-refractivity contribution >= 4 is 11.5 Å². The molecule has 0 amide bonds. The molecule has 17 heavy (non-hydrogen) atoms. The molecule has 1 aliphatic rings. The van der Waals surface area contributed by atoms with Crippen molar-refractivity contribution in [3.63, 3.8) is 0 Å². The van der Waals surface area contributed by atoms with E-state index in [0.717, 1.165) is 19.3 Å². The molecule has 1 saturated carbocycles. The van der Waals surface area contributed by atoms with Gasteiger partial charge in [0.1, 0.15) is 11.6 Å². The van der Waals surface area contributed by atoms with Crippen LogP contribution in [0.15, 0.2) is 12.3 Å². The second kappa shape index (κ2) is 4.01. The fraction of sp³-hybridized carbons (Fsp3) is 0.455. The monoisotopic (exact) mass is 232 g/mol. The van der Waals surface area contributed by atoms with Crippen LogP contribution < -0.4 is 5.32 Å². The molecule has 1 aliphatic carbocycles. The molecule has 1 aromatic heterocycles. The molecule has 0 radical (unpaired) electrons. The molecule has 0 aromatic carbocycles. The Morgan fingerprint density at radius 2 is 2.35 bits per heavy atom. The smallest absolute Gasteiger partial charge is 0.328 e. The lowest BCUT2D eigenvalue weighted by Gasteiger charge is -2.39. The maximum Gasteiger partial charge on any atom is 0.328 e. The minimum absolute atomic E-state index is 0.0374.